The highest BCUT2D eigenvalue weighted by atomic mass is 32.2. The van der Waals surface area contributed by atoms with Crippen LogP contribution in [-0.4, -0.2) is 25.1 Å². The van der Waals surface area contributed by atoms with E-state index in [1.165, 1.54) is 4.21 Å². The Labute approximate surface area is 80.3 Å². The molecular formula is C8H11NOS2. The van der Waals surface area contributed by atoms with Crippen LogP contribution in [0.5, 0.6) is 0 Å². The van der Waals surface area contributed by atoms with Gasteiger partial charge in [-0.25, -0.2) is 0 Å². The lowest BCUT2D eigenvalue weighted by Crippen LogP contribution is -2.38. The summed E-state index contributed by atoms with van der Waals surface area (Å²) in [6.07, 6.45) is 0. The number of thioether (sulfide) groups is 1. The lowest BCUT2D eigenvalue weighted by molar-refractivity contribution is 0.100. The summed E-state index contributed by atoms with van der Waals surface area (Å²) in [5.41, 5.74) is 0. The summed E-state index contributed by atoms with van der Waals surface area (Å²) in [6.45, 7) is 2.65. The van der Waals surface area contributed by atoms with Gasteiger partial charge in [0.15, 0.2) is 0 Å². The number of rotatable bonds is 2. The second-order valence-electron chi connectivity index (χ2n) is 2.57. The molecule has 12 heavy (non-hydrogen) atoms. The van der Waals surface area contributed by atoms with E-state index in [4.69, 9.17) is 4.74 Å². The first kappa shape index (κ1) is 8.56. The molecule has 2 rings (SSSR count). The summed E-state index contributed by atoms with van der Waals surface area (Å²) in [6, 6.07) is 4.22. The Morgan fingerprint density at radius 3 is 3.33 bits per heavy atom. The highest BCUT2D eigenvalue weighted by Crippen LogP contribution is 2.27. The smallest absolute Gasteiger partial charge is 0.0825 e. The van der Waals surface area contributed by atoms with Gasteiger partial charge in [0.05, 0.1) is 22.8 Å². The Bertz CT molecular complexity index is 219. The third-order valence-corrected chi connectivity index (χ3v) is 3.84. The lowest BCUT2D eigenvalue weighted by atomic mass is 10.5. The van der Waals surface area contributed by atoms with Gasteiger partial charge < -0.3 is 10.1 Å². The van der Waals surface area contributed by atoms with E-state index in [-0.39, 0.29) is 0 Å². The maximum atomic E-state index is 5.35. The average Bonchev–Trinajstić information content (AvgIpc) is 2.59. The van der Waals surface area contributed by atoms with Crippen molar-refractivity contribution in [2.45, 2.75) is 9.58 Å². The lowest BCUT2D eigenvalue weighted by Gasteiger charge is -2.22. The molecule has 1 aliphatic heterocycles. The molecule has 0 radical (unpaired) electrons. The molecule has 1 unspecified atom stereocenters. The van der Waals surface area contributed by atoms with Gasteiger partial charge in [-0.15, -0.1) is 11.3 Å². The highest BCUT2D eigenvalue weighted by molar-refractivity contribution is 8.01. The number of nitrogens with one attached hydrogen (secondary N) is 1. The molecule has 0 saturated carbocycles. The van der Waals surface area contributed by atoms with E-state index in [2.05, 4.69) is 22.8 Å². The number of morpholine rings is 1. The first-order chi connectivity index (χ1) is 5.95. The summed E-state index contributed by atoms with van der Waals surface area (Å²) in [5, 5.41) is 5.95. The van der Waals surface area contributed by atoms with Crippen molar-refractivity contribution in [1.82, 2.24) is 5.32 Å². The maximum absolute atomic E-state index is 5.35. The quantitative estimate of drug-likeness (QED) is 0.788. The first-order valence-corrected chi connectivity index (χ1v) is 5.72. The van der Waals surface area contributed by atoms with E-state index in [0.717, 1.165) is 19.8 Å². The molecule has 2 nitrogen and oxygen atoms in total. The molecule has 1 atom stereocenters. The van der Waals surface area contributed by atoms with Gasteiger partial charge in [0.2, 0.25) is 0 Å². The predicted octanol–water partition coefficient (Wildman–Crippen LogP) is 1.79. The van der Waals surface area contributed by atoms with Crippen LogP contribution in [0.2, 0.25) is 0 Å². The molecule has 1 aromatic rings. The highest BCUT2D eigenvalue weighted by Gasteiger charge is 2.13. The van der Waals surface area contributed by atoms with Gasteiger partial charge in [-0.1, -0.05) is 17.8 Å². The van der Waals surface area contributed by atoms with E-state index in [1.54, 1.807) is 11.3 Å². The molecule has 0 bridgehead atoms. The Kier molecular flexibility index (Phi) is 3.05. The van der Waals surface area contributed by atoms with Gasteiger partial charge in [-0.2, -0.15) is 0 Å². The van der Waals surface area contributed by atoms with Crippen molar-refractivity contribution in [3.8, 4) is 0 Å². The number of hydrogen-bond donors (Lipinski definition) is 1. The van der Waals surface area contributed by atoms with Crippen LogP contribution < -0.4 is 5.32 Å². The van der Waals surface area contributed by atoms with Crippen molar-refractivity contribution in [1.29, 1.82) is 0 Å². The van der Waals surface area contributed by atoms with E-state index in [1.807, 2.05) is 11.8 Å². The zero-order valence-corrected chi connectivity index (χ0v) is 8.29. The largest absolute Gasteiger partial charge is 0.378 e. The van der Waals surface area contributed by atoms with Crippen LogP contribution in [0.4, 0.5) is 0 Å². The number of thiophene rings is 1. The molecular weight excluding hydrogens is 190 g/mol. The normalized spacial score (nSPS) is 24.2. The second kappa shape index (κ2) is 4.28. The molecule has 0 aromatic carbocycles. The number of ether oxygens (including phenoxy) is 1. The third-order valence-electron chi connectivity index (χ3n) is 1.64. The summed E-state index contributed by atoms with van der Waals surface area (Å²) in [5.74, 6) is 0. The topological polar surface area (TPSA) is 21.3 Å². The van der Waals surface area contributed by atoms with Crippen LogP contribution in [-0.2, 0) is 4.74 Å². The molecule has 1 aliphatic rings. The summed E-state index contributed by atoms with van der Waals surface area (Å²) in [7, 11) is 0. The van der Waals surface area contributed by atoms with Crippen molar-refractivity contribution in [3.05, 3.63) is 17.5 Å². The predicted molar refractivity (Wildman–Crippen MR) is 52.8 cm³/mol. The van der Waals surface area contributed by atoms with Gasteiger partial charge in [0, 0.05) is 6.54 Å². The second-order valence-corrected chi connectivity index (χ2v) is 5.02. The Hall–Kier alpha value is -0.0300. The molecule has 66 valence electrons. The minimum atomic E-state index is 0.442. The van der Waals surface area contributed by atoms with E-state index in [9.17, 15) is 0 Å². The molecule has 0 amide bonds. The fourth-order valence-corrected chi connectivity index (χ4v) is 3.08. The molecule has 1 saturated heterocycles. The van der Waals surface area contributed by atoms with E-state index >= 15 is 0 Å². The van der Waals surface area contributed by atoms with E-state index in [0.29, 0.717) is 5.37 Å². The molecule has 0 spiro atoms. The SMILES string of the molecule is c1csc(SC2COCCN2)c1. The average molecular weight is 201 g/mol. The van der Waals surface area contributed by atoms with Crippen molar-refractivity contribution in [2.75, 3.05) is 19.8 Å². The molecule has 2 heterocycles. The zero-order chi connectivity index (χ0) is 8.23. The van der Waals surface area contributed by atoms with Crippen LogP contribution in [0, 0.1) is 0 Å². The molecule has 1 fully saturated rings. The Balaban J connectivity index is 1.86. The molecule has 1 aromatic heterocycles. The van der Waals surface area contributed by atoms with Crippen LogP contribution in [0.3, 0.4) is 0 Å². The van der Waals surface area contributed by atoms with Crippen molar-refractivity contribution >= 4 is 23.1 Å². The summed E-state index contributed by atoms with van der Waals surface area (Å²) >= 11 is 3.64. The van der Waals surface area contributed by atoms with Crippen LogP contribution in [0.25, 0.3) is 0 Å². The maximum Gasteiger partial charge on any atom is 0.0825 e. The summed E-state index contributed by atoms with van der Waals surface area (Å²) in [4.78, 5) is 0. The summed E-state index contributed by atoms with van der Waals surface area (Å²) < 4.78 is 6.71. The monoisotopic (exact) mass is 201 g/mol. The van der Waals surface area contributed by atoms with Crippen molar-refractivity contribution < 1.29 is 4.74 Å². The fourth-order valence-electron chi connectivity index (χ4n) is 1.09. The molecule has 4 heteroatoms. The molecule has 0 aliphatic carbocycles. The van der Waals surface area contributed by atoms with Crippen LogP contribution >= 0.6 is 23.1 Å². The third kappa shape index (κ3) is 2.23. The van der Waals surface area contributed by atoms with Gasteiger partial charge in [-0.05, 0) is 11.4 Å². The Morgan fingerprint density at radius 1 is 1.67 bits per heavy atom. The Morgan fingerprint density at radius 2 is 2.67 bits per heavy atom. The minimum absolute atomic E-state index is 0.442. The van der Waals surface area contributed by atoms with E-state index < -0.39 is 0 Å². The van der Waals surface area contributed by atoms with Gasteiger partial charge >= 0.3 is 0 Å². The standard InChI is InChI=1S/C8H11NOS2/c1-2-8(11-5-1)12-7-6-10-4-3-9-7/h1-2,5,7,9H,3-4,6H2. The fraction of sp³-hybridized carbons (Fsp3) is 0.500. The number of hydrogen-bond acceptors (Lipinski definition) is 4. The van der Waals surface area contributed by atoms with Crippen molar-refractivity contribution in [3.63, 3.8) is 0 Å². The van der Waals surface area contributed by atoms with Gasteiger partial charge in [0.1, 0.15) is 0 Å². The van der Waals surface area contributed by atoms with Crippen molar-refractivity contribution in [2.24, 2.45) is 0 Å². The van der Waals surface area contributed by atoms with Crippen LogP contribution in [0.1, 0.15) is 0 Å². The van der Waals surface area contributed by atoms with Crippen LogP contribution in [0.15, 0.2) is 21.7 Å². The first-order valence-electron chi connectivity index (χ1n) is 3.96. The van der Waals surface area contributed by atoms with Gasteiger partial charge in [0.25, 0.3) is 0 Å². The minimum Gasteiger partial charge on any atom is -0.378 e. The van der Waals surface area contributed by atoms with Gasteiger partial charge in [-0.3, -0.25) is 0 Å². The molecule has 1 N–H and O–H groups in total. The zero-order valence-electron chi connectivity index (χ0n) is 6.66.